The number of nitrogens with zero attached hydrogens (tertiary/aromatic N) is 1. The summed E-state index contributed by atoms with van der Waals surface area (Å²) in [6, 6.07) is 10.9. The number of carbonyl (C=O) groups excluding carboxylic acids is 1. The van der Waals surface area contributed by atoms with Crippen LogP contribution in [0.15, 0.2) is 42.5 Å². The molecule has 7 heteroatoms. The van der Waals surface area contributed by atoms with Crippen LogP contribution in [-0.2, 0) is 0 Å². The van der Waals surface area contributed by atoms with Gasteiger partial charge >= 0.3 is 0 Å². The second-order valence-corrected chi connectivity index (χ2v) is 4.64. The van der Waals surface area contributed by atoms with Crippen molar-refractivity contribution in [2.24, 2.45) is 0 Å². The number of nitrogens with one attached hydrogen (secondary N) is 2. The Balaban J connectivity index is 2.27. The van der Waals surface area contributed by atoms with Gasteiger partial charge in [-0.05, 0) is 30.3 Å². The standard InChI is InChI=1S/C14H12ClN3O3/c1-16-12-6-5-9(7-13(12)18(20)21)14(19)17-11-4-2-3-10(15)8-11/h2-8,16H,1H3,(H,17,19). The molecule has 0 atom stereocenters. The fourth-order valence-corrected chi connectivity index (χ4v) is 2.00. The molecule has 21 heavy (non-hydrogen) atoms. The Labute approximate surface area is 125 Å². The van der Waals surface area contributed by atoms with Crippen molar-refractivity contribution >= 4 is 34.6 Å². The third-order valence-corrected chi connectivity index (χ3v) is 3.04. The van der Waals surface area contributed by atoms with Crippen LogP contribution in [0.2, 0.25) is 5.02 Å². The average Bonchev–Trinajstić information content (AvgIpc) is 2.46. The van der Waals surface area contributed by atoms with Crippen molar-refractivity contribution < 1.29 is 9.72 Å². The number of nitro groups is 1. The summed E-state index contributed by atoms with van der Waals surface area (Å²) in [6.07, 6.45) is 0. The third kappa shape index (κ3) is 3.49. The number of amides is 1. The first-order valence-corrected chi connectivity index (χ1v) is 6.42. The molecule has 6 nitrogen and oxygen atoms in total. The van der Waals surface area contributed by atoms with Gasteiger partial charge in [-0.15, -0.1) is 0 Å². The van der Waals surface area contributed by atoms with Crippen LogP contribution in [0.1, 0.15) is 10.4 Å². The number of benzene rings is 2. The molecule has 1 amide bonds. The Bertz CT molecular complexity index is 704. The van der Waals surface area contributed by atoms with Gasteiger partial charge in [0.2, 0.25) is 0 Å². The molecule has 0 bridgehead atoms. The average molecular weight is 306 g/mol. The zero-order valence-corrected chi connectivity index (χ0v) is 11.8. The Morgan fingerprint density at radius 3 is 2.62 bits per heavy atom. The van der Waals surface area contributed by atoms with Crippen molar-refractivity contribution in [2.75, 3.05) is 17.7 Å². The molecular formula is C14H12ClN3O3. The van der Waals surface area contributed by atoms with Gasteiger partial charge in [0.15, 0.2) is 0 Å². The maximum Gasteiger partial charge on any atom is 0.293 e. The molecule has 2 aromatic carbocycles. The summed E-state index contributed by atoms with van der Waals surface area (Å²) < 4.78 is 0. The number of carbonyl (C=O) groups is 1. The number of anilines is 2. The number of halogens is 1. The van der Waals surface area contributed by atoms with Crippen molar-refractivity contribution in [3.8, 4) is 0 Å². The third-order valence-electron chi connectivity index (χ3n) is 2.81. The minimum atomic E-state index is -0.540. The van der Waals surface area contributed by atoms with Gasteiger partial charge < -0.3 is 10.6 Å². The molecule has 2 rings (SSSR count). The zero-order valence-electron chi connectivity index (χ0n) is 11.1. The number of rotatable bonds is 4. The highest BCUT2D eigenvalue weighted by Gasteiger charge is 2.16. The molecule has 0 aliphatic rings. The first-order chi connectivity index (χ1) is 10.0. The molecule has 0 aliphatic carbocycles. The lowest BCUT2D eigenvalue weighted by molar-refractivity contribution is -0.384. The topological polar surface area (TPSA) is 84.3 Å². The van der Waals surface area contributed by atoms with Gasteiger partial charge in [-0.25, -0.2) is 0 Å². The largest absolute Gasteiger partial charge is 0.383 e. The number of hydrogen-bond acceptors (Lipinski definition) is 4. The van der Waals surface area contributed by atoms with E-state index in [4.69, 9.17) is 11.6 Å². The van der Waals surface area contributed by atoms with Crippen LogP contribution in [0.5, 0.6) is 0 Å². The van der Waals surface area contributed by atoms with Crippen LogP contribution in [0, 0.1) is 10.1 Å². The van der Waals surface area contributed by atoms with Crippen LogP contribution < -0.4 is 10.6 Å². The predicted molar refractivity (Wildman–Crippen MR) is 82.0 cm³/mol. The zero-order chi connectivity index (χ0) is 15.4. The van der Waals surface area contributed by atoms with Crippen LogP contribution in [0.3, 0.4) is 0 Å². The number of nitro benzene ring substituents is 1. The molecule has 2 aromatic rings. The SMILES string of the molecule is CNc1ccc(C(=O)Nc2cccc(Cl)c2)cc1[N+](=O)[O-]. The van der Waals surface area contributed by atoms with Crippen LogP contribution >= 0.6 is 11.6 Å². The van der Waals surface area contributed by atoms with E-state index in [9.17, 15) is 14.9 Å². The summed E-state index contributed by atoms with van der Waals surface area (Å²) >= 11 is 5.83. The van der Waals surface area contributed by atoms with E-state index in [-0.39, 0.29) is 11.3 Å². The monoisotopic (exact) mass is 305 g/mol. The molecule has 0 spiro atoms. The first kappa shape index (κ1) is 14.8. The fourth-order valence-electron chi connectivity index (χ4n) is 1.80. The van der Waals surface area contributed by atoms with Crippen molar-refractivity contribution in [1.82, 2.24) is 0 Å². The smallest absolute Gasteiger partial charge is 0.293 e. The molecule has 108 valence electrons. The highest BCUT2D eigenvalue weighted by atomic mass is 35.5. The first-order valence-electron chi connectivity index (χ1n) is 6.04. The van der Waals surface area contributed by atoms with E-state index in [1.54, 1.807) is 31.3 Å². The Morgan fingerprint density at radius 1 is 1.24 bits per heavy atom. The Hall–Kier alpha value is -2.60. The lowest BCUT2D eigenvalue weighted by Gasteiger charge is -2.07. The Kier molecular flexibility index (Phi) is 4.39. The van der Waals surface area contributed by atoms with Crippen LogP contribution in [-0.4, -0.2) is 17.9 Å². The lowest BCUT2D eigenvalue weighted by atomic mass is 10.1. The summed E-state index contributed by atoms with van der Waals surface area (Å²) in [5, 5.41) is 16.8. The van der Waals surface area contributed by atoms with Crippen LogP contribution in [0.4, 0.5) is 17.1 Å². The van der Waals surface area contributed by atoms with E-state index in [1.165, 1.54) is 18.2 Å². The van der Waals surface area contributed by atoms with E-state index in [1.807, 2.05) is 0 Å². The quantitative estimate of drug-likeness (QED) is 0.668. The van der Waals surface area contributed by atoms with Crippen molar-refractivity contribution in [3.63, 3.8) is 0 Å². The van der Waals surface area contributed by atoms with Gasteiger partial charge in [0, 0.05) is 29.4 Å². The van der Waals surface area contributed by atoms with Gasteiger partial charge in [0.1, 0.15) is 5.69 Å². The highest BCUT2D eigenvalue weighted by molar-refractivity contribution is 6.31. The molecule has 2 N–H and O–H groups in total. The van der Waals surface area contributed by atoms with E-state index in [2.05, 4.69) is 10.6 Å². The minimum Gasteiger partial charge on any atom is -0.383 e. The minimum absolute atomic E-state index is 0.156. The van der Waals surface area contributed by atoms with Gasteiger partial charge in [-0.2, -0.15) is 0 Å². The fraction of sp³-hybridized carbons (Fsp3) is 0.0714. The summed E-state index contributed by atoms with van der Waals surface area (Å²) in [4.78, 5) is 22.5. The molecule has 0 saturated heterocycles. The predicted octanol–water partition coefficient (Wildman–Crippen LogP) is 3.54. The van der Waals surface area contributed by atoms with E-state index < -0.39 is 10.8 Å². The van der Waals surface area contributed by atoms with Gasteiger partial charge in [0.25, 0.3) is 11.6 Å². The molecule has 0 heterocycles. The Morgan fingerprint density at radius 2 is 2.00 bits per heavy atom. The van der Waals surface area contributed by atoms with Crippen molar-refractivity contribution in [1.29, 1.82) is 0 Å². The maximum absolute atomic E-state index is 12.1. The second kappa shape index (κ2) is 6.23. The molecule has 0 fully saturated rings. The number of hydrogen-bond donors (Lipinski definition) is 2. The summed E-state index contributed by atoms with van der Waals surface area (Å²) in [5.74, 6) is -0.442. The molecule has 0 aromatic heterocycles. The van der Waals surface area contributed by atoms with Crippen molar-refractivity contribution in [3.05, 3.63) is 63.2 Å². The summed E-state index contributed by atoms with van der Waals surface area (Å²) in [6.45, 7) is 0. The molecule has 0 radical (unpaired) electrons. The van der Waals surface area contributed by atoms with Gasteiger partial charge in [-0.1, -0.05) is 17.7 Å². The second-order valence-electron chi connectivity index (χ2n) is 4.20. The highest BCUT2D eigenvalue weighted by Crippen LogP contribution is 2.25. The molecule has 0 unspecified atom stereocenters. The molecule has 0 aliphatic heterocycles. The maximum atomic E-state index is 12.1. The van der Waals surface area contributed by atoms with Crippen molar-refractivity contribution in [2.45, 2.75) is 0 Å². The van der Waals surface area contributed by atoms with Gasteiger partial charge in [-0.3, -0.25) is 14.9 Å². The van der Waals surface area contributed by atoms with E-state index in [0.29, 0.717) is 16.4 Å². The van der Waals surface area contributed by atoms with E-state index in [0.717, 1.165) is 0 Å². The molecule has 0 saturated carbocycles. The van der Waals surface area contributed by atoms with Gasteiger partial charge in [0.05, 0.1) is 4.92 Å². The molecular weight excluding hydrogens is 294 g/mol. The normalized spacial score (nSPS) is 10.0. The van der Waals surface area contributed by atoms with E-state index >= 15 is 0 Å². The van der Waals surface area contributed by atoms with Crippen LogP contribution in [0.25, 0.3) is 0 Å². The lowest BCUT2D eigenvalue weighted by Crippen LogP contribution is -2.12. The summed E-state index contributed by atoms with van der Waals surface area (Å²) in [5.41, 5.74) is 0.907. The summed E-state index contributed by atoms with van der Waals surface area (Å²) in [7, 11) is 1.58.